The second kappa shape index (κ2) is 9.68. The van der Waals surface area contributed by atoms with Crippen molar-refractivity contribution in [3.63, 3.8) is 0 Å². The van der Waals surface area contributed by atoms with Crippen molar-refractivity contribution in [1.82, 2.24) is 15.2 Å². The molecule has 1 heterocycles. The van der Waals surface area contributed by atoms with E-state index in [4.69, 9.17) is 4.74 Å². The summed E-state index contributed by atoms with van der Waals surface area (Å²) >= 11 is 0. The van der Waals surface area contributed by atoms with E-state index in [1.165, 1.54) is 11.0 Å². The maximum absolute atomic E-state index is 13.9. The molecular formula is C23H24FN3O2. The van der Waals surface area contributed by atoms with Gasteiger partial charge in [0.05, 0.1) is 11.7 Å². The van der Waals surface area contributed by atoms with Crippen LogP contribution in [0.2, 0.25) is 0 Å². The number of halogens is 1. The van der Waals surface area contributed by atoms with Gasteiger partial charge in [-0.3, -0.25) is 4.98 Å². The summed E-state index contributed by atoms with van der Waals surface area (Å²) in [6, 6.07) is 19.0. The van der Waals surface area contributed by atoms with Gasteiger partial charge < -0.3 is 15.0 Å². The highest BCUT2D eigenvalue weighted by atomic mass is 19.1. The Morgan fingerprint density at radius 1 is 1.10 bits per heavy atom. The Bertz CT molecular complexity index is 932. The standard InChI is InChI=1S/C23H24FN3O2/c1-17(21-8-3-4-9-22(21)24)27(2)23(28)26-15-18-10-12-20(13-11-18)29-16-19-7-5-6-14-25-19/h3-14,17H,15-16H2,1-2H3,(H,26,28). The van der Waals surface area contributed by atoms with Crippen LogP contribution in [0, 0.1) is 5.82 Å². The lowest BCUT2D eigenvalue weighted by atomic mass is 10.1. The number of urea groups is 1. The van der Waals surface area contributed by atoms with E-state index in [0.717, 1.165) is 17.0 Å². The molecule has 29 heavy (non-hydrogen) atoms. The number of hydrogen-bond donors (Lipinski definition) is 1. The fourth-order valence-electron chi connectivity index (χ4n) is 2.85. The minimum absolute atomic E-state index is 0.267. The average Bonchev–Trinajstić information content (AvgIpc) is 2.77. The van der Waals surface area contributed by atoms with Gasteiger partial charge in [-0.25, -0.2) is 9.18 Å². The third-order valence-electron chi connectivity index (χ3n) is 4.74. The van der Waals surface area contributed by atoms with Gasteiger partial charge in [0.2, 0.25) is 0 Å². The third kappa shape index (κ3) is 5.54. The van der Waals surface area contributed by atoms with Crippen molar-refractivity contribution in [2.24, 2.45) is 0 Å². The highest BCUT2D eigenvalue weighted by Crippen LogP contribution is 2.21. The number of nitrogens with one attached hydrogen (secondary N) is 1. The second-order valence-electron chi connectivity index (χ2n) is 6.72. The zero-order chi connectivity index (χ0) is 20.6. The molecule has 2 aromatic carbocycles. The summed E-state index contributed by atoms with van der Waals surface area (Å²) in [7, 11) is 1.65. The fraction of sp³-hybridized carbons (Fsp3) is 0.217. The Kier molecular flexibility index (Phi) is 6.79. The van der Waals surface area contributed by atoms with Crippen molar-refractivity contribution < 1.29 is 13.9 Å². The first-order valence-corrected chi connectivity index (χ1v) is 9.41. The number of amides is 2. The van der Waals surface area contributed by atoms with E-state index < -0.39 is 0 Å². The first-order chi connectivity index (χ1) is 14.0. The first kappa shape index (κ1) is 20.3. The van der Waals surface area contributed by atoms with E-state index in [2.05, 4.69) is 10.3 Å². The minimum Gasteiger partial charge on any atom is -0.487 e. The summed E-state index contributed by atoms with van der Waals surface area (Å²) in [6.07, 6.45) is 1.73. The maximum Gasteiger partial charge on any atom is 0.317 e. The minimum atomic E-state index is -0.376. The summed E-state index contributed by atoms with van der Waals surface area (Å²) < 4.78 is 19.7. The van der Waals surface area contributed by atoms with E-state index in [9.17, 15) is 9.18 Å². The van der Waals surface area contributed by atoms with Crippen LogP contribution in [-0.2, 0) is 13.2 Å². The lowest BCUT2D eigenvalue weighted by Gasteiger charge is -2.26. The number of nitrogens with zero attached hydrogens (tertiary/aromatic N) is 2. The van der Waals surface area contributed by atoms with Gasteiger partial charge in [0.1, 0.15) is 18.2 Å². The monoisotopic (exact) mass is 393 g/mol. The first-order valence-electron chi connectivity index (χ1n) is 9.41. The molecule has 0 spiro atoms. The Balaban J connectivity index is 1.50. The molecule has 0 saturated carbocycles. The summed E-state index contributed by atoms with van der Waals surface area (Å²) in [5.74, 6) is 0.414. The highest BCUT2D eigenvalue weighted by Gasteiger charge is 2.19. The van der Waals surface area contributed by atoms with E-state index >= 15 is 0 Å². The van der Waals surface area contributed by atoms with Crippen LogP contribution in [-0.4, -0.2) is 23.0 Å². The molecule has 0 radical (unpaired) electrons. The van der Waals surface area contributed by atoms with E-state index in [-0.39, 0.29) is 17.9 Å². The molecular weight excluding hydrogens is 369 g/mol. The molecule has 2 amide bonds. The lowest BCUT2D eigenvalue weighted by Crippen LogP contribution is -2.38. The van der Waals surface area contributed by atoms with Gasteiger partial charge in [0, 0.05) is 25.4 Å². The SMILES string of the molecule is CC(c1ccccc1F)N(C)C(=O)NCc1ccc(OCc2ccccn2)cc1. The highest BCUT2D eigenvalue weighted by molar-refractivity contribution is 5.74. The number of benzene rings is 2. The van der Waals surface area contributed by atoms with Crippen molar-refractivity contribution in [2.75, 3.05) is 7.05 Å². The van der Waals surface area contributed by atoms with Gasteiger partial charge in [-0.2, -0.15) is 0 Å². The molecule has 0 saturated heterocycles. The number of carbonyl (C=O) groups is 1. The molecule has 1 unspecified atom stereocenters. The average molecular weight is 393 g/mol. The Morgan fingerprint density at radius 2 is 1.83 bits per heavy atom. The number of ether oxygens (including phenoxy) is 1. The van der Waals surface area contributed by atoms with Crippen LogP contribution in [0.15, 0.2) is 72.9 Å². The number of pyridine rings is 1. The van der Waals surface area contributed by atoms with Crippen molar-refractivity contribution in [3.8, 4) is 5.75 Å². The van der Waals surface area contributed by atoms with Gasteiger partial charge in [-0.05, 0) is 42.8 Å². The van der Waals surface area contributed by atoms with Gasteiger partial charge in [0.15, 0.2) is 0 Å². The summed E-state index contributed by atoms with van der Waals surface area (Å²) in [5, 5.41) is 2.86. The fourth-order valence-corrected chi connectivity index (χ4v) is 2.85. The van der Waals surface area contributed by atoms with Crippen LogP contribution in [0.1, 0.15) is 29.8 Å². The van der Waals surface area contributed by atoms with E-state index in [1.54, 1.807) is 38.4 Å². The smallest absolute Gasteiger partial charge is 0.317 e. The van der Waals surface area contributed by atoms with Crippen LogP contribution >= 0.6 is 0 Å². The molecule has 0 bridgehead atoms. The molecule has 3 aromatic rings. The Hall–Kier alpha value is -3.41. The van der Waals surface area contributed by atoms with Crippen molar-refractivity contribution in [3.05, 3.63) is 95.6 Å². The quantitative estimate of drug-likeness (QED) is 0.633. The third-order valence-corrected chi connectivity index (χ3v) is 4.74. The zero-order valence-corrected chi connectivity index (χ0v) is 16.5. The van der Waals surface area contributed by atoms with Gasteiger partial charge in [-0.1, -0.05) is 36.4 Å². The van der Waals surface area contributed by atoms with Gasteiger partial charge in [0.25, 0.3) is 0 Å². The van der Waals surface area contributed by atoms with Crippen molar-refractivity contribution >= 4 is 6.03 Å². The summed E-state index contributed by atoms with van der Waals surface area (Å²) in [4.78, 5) is 18.1. The molecule has 1 N–H and O–H groups in total. The molecule has 0 aliphatic rings. The lowest BCUT2D eigenvalue weighted by molar-refractivity contribution is 0.193. The molecule has 6 heteroatoms. The normalized spacial score (nSPS) is 11.6. The zero-order valence-electron chi connectivity index (χ0n) is 16.5. The molecule has 1 atom stereocenters. The van der Waals surface area contributed by atoms with Crippen LogP contribution < -0.4 is 10.1 Å². The van der Waals surface area contributed by atoms with Crippen molar-refractivity contribution in [1.29, 1.82) is 0 Å². The van der Waals surface area contributed by atoms with Crippen LogP contribution in [0.5, 0.6) is 5.75 Å². The molecule has 150 valence electrons. The summed E-state index contributed by atoms with van der Waals surface area (Å²) in [5.41, 5.74) is 2.28. The molecule has 0 aliphatic heterocycles. The molecule has 5 nitrogen and oxygen atoms in total. The van der Waals surface area contributed by atoms with Crippen LogP contribution in [0.25, 0.3) is 0 Å². The maximum atomic E-state index is 13.9. The van der Waals surface area contributed by atoms with Gasteiger partial charge >= 0.3 is 6.03 Å². The predicted molar refractivity (Wildman–Crippen MR) is 110 cm³/mol. The second-order valence-corrected chi connectivity index (χ2v) is 6.72. The number of hydrogen-bond acceptors (Lipinski definition) is 3. The van der Waals surface area contributed by atoms with Crippen LogP contribution in [0.4, 0.5) is 9.18 Å². The number of carbonyl (C=O) groups excluding carboxylic acids is 1. The van der Waals surface area contributed by atoms with Crippen LogP contribution in [0.3, 0.4) is 0 Å². The molecule has 1 aromatic heterocycles. The predicted octanol–water partition coefficient (Wildman–Crippen LogP) is 4.70. The van der Waals surface area contributed by atoms with Gasteiger partial charge in [-0.15, -0.1) is 0 Å². The Morgan fingerprint density at radius 3 is 2.52 bits per heavy atom. The number of aromatic nitrogens is 1. The molecule has 0 fully saturated rings. The Labute approximate surface area is 170 Å². The number of rotatable bonds is 7. The largest absolute Gasteiger partial charge is 0.487 e. The summed E-state index contributed by atoms with van der Waals surface area (Å²) in [6.45, 7) is 2.56. The van der Waals surface area contributed by atoms with E-state index in [0.29, 0.717) is 18.7 Å². The molecule has 0 aliphatic carbocycles. The topological polar surface area (TPSA) is 54.5 Å². The van der Waals surface area contributed by atoms with Crippen molar-refractivity contribution in [2.45, 2.75) is 26.1 Å². The molecule has 3 rings (SSSR count). The van der Waals surface area contributed by atoms with E-state index in [1.807, 2.05) is 42.5 Å².